The van der Waals surface area contributed by atoms with Gasteiger partial charge in [-0.05, 0) is 43.4 Å². The van der Waals surface area contributed by atoms with Crippen LogP contribution in [-0.2, 0) is 17.8 Å². The smallest absolute Gasteiger partial charge is 0.253 e. The number of aryl methyl sites for hydroxylation is 1. The maximum Gasteiger partial charge on any atom is 0.253 e. The Bertz CT molecular complexity index is 1290. The summed E-state index contributed by atoms with van der Waals surface area (Å²) < 4.78 is 15.0. The largest absolute Gasteiger partial charge is 0.387 e. The van der Waals surface area contributed by atoms with Crippen molar-refractivity contribution in [2.45, 2.75) is 57.1 Å². The molecule has 1 N–H and O–H groups in total. The average molecular weight is 490 g/mol. The molecule has 1 aliphatic heterocycles. The van der Waals surface area contributed by atoms with Crippen LogP contribution in [-0.4, -0.2) is 44.2 Å². The number of rotatable bonds is 6. The van der Waals surface area contributed by atoms with Gasteiger partial charge in [0.25, 0.3) is 5.56 Å². The standard InChI is InChI=1S/C29H32FN3O3/c30-24-10-6-7-22(17-24)11-12-26(34)32-16-15-29(36,28(19-32)13-4-5-14-28)20-33-21-31-25(18-27(33)35)23-8-2-1-3-9-23/h1-3,6-10,17-18,21,36H,4-5,11-16,19-20H2/t29-/m1/s1. The summed E-state index contributed by atoms with van der Waals surface area (Å²) in [6.07, 6.45) is 6.36. The van der Waals surface area contributed by atoms with E-state index in [0.29, 0.717) is 38.0 Å². The molecule has 1 aliphatic carbocycles. The molecule has 1 atom stereocenters. The Balaban J connectivity index is 1.31. The van der Waals surface area contributed by atoms with Crippen LogP contribution in [0.4, 0.5) is 4.39 Å². The first kappa shape index (κ1) is 24.4. The molecule has 0 bridgehead atoms. The molecule has 1 amide bonds. The molecule has 2 fully saturated rings. The third-order valence-corrected chi connectivity index (χ3v) is 8.09. The van der Waals surface area contributed by atoms with Crippen LogP contribution in [0.25, 0.3) is 11.3 Å². The molecular weight excluding hydrogens is 457 g/mol. The van der Waals surface area contributed by atoms with Gasteiger partial charge in [-0.1, -0.05) is 55.3 Å². The number of halogens is 1. The van der Waals surface area contributed by atoms with Crippen molar-refractivity contribution in [3.05, 3.63) is 88.7 Å². The van der Waals surface area contributed by atoms with E-state index in [2.05, 4.69) is 4.98 Å². The van der Waals surface area contributed by atoms with Crippen molar-refractivity contribution in [1.82, 2.24) is 14.5 Å². The van der Waals surface area contributed by atoms with Gasteiger partial charge in [0, 0.05) is 36.6 Å². The van der Waals surface area contributed by atoms with Crippen molar-refractivity contribution in [3.8, 4) is 11.3 Å². The molecule has 5 rings (SSSR count). The molecule has 0 unspecified atom stereocenters. The van der Waals surface area contributed by atoms with Crippen molar-refractivity contribution in [2.75, 3.05) is 13.1 Å². The normalized spacial score (nSPS) is 21.1. The molecule has 1 saturated carbocycles. The van der Waals surface area contributed by atoms with Crippen molar-refractivity contribution in [2.24, 2.45) is 5.41 Å². The minimum absolute atomic E-state index is 0.0265. The molecule has 2 aromatic carbocycles. The minimum atomic E-state index is -1.09. The van der Waals surface area contributed by atoms with E-state index < -0.39 is 11.0 Å². The lowest BCUT2D eigenvalue weighted by atomic mass is 9.65. The molecule has 188 valence electrons. The van der Waals surface area contributed by atoms with E-state index in [0.717, 1.165) is 36.8 Å². The van der Waals surface area contributed by atoms with E-state index in [1.54, 1.807) is 6.07 Å². The fourth-order valence-corrected chi connectivity index (χ4v) is 6.01. The quantitative estimate of drug-likeness (QED) is 0.563. The van der Waals surface area contributed by atoms with Crippen molar-refractivity contribution in [3.63, 3.8) is 0 Å². The van der Waals surface area contributed by atoms with Gasteiger partial charge in [0.2, 0.25) is 5.91 Å². The highest BCUT2D eigenvalue weighted by molar-refractivity contribution is 5.76. The molecule has 36 heavy (non-hydrogen) atoms. The molecule has 2 aliphatic rings. The molecule has 1 saturated heterocycles. The Kier molecular flexibility index (Phi) is 6.75. The van der Waals surface area contributed by atoms with Gasteiger partial charge in [-0.15, -0.1) is 0 Å². The fourth-order valence-electron chi connectivity index (χ4n) is 6.01. The Labute approximate surface area is 210 Å². The summed E-state index contributed by atoms with van der Waals surface area (Å²) in [6.45, 7) is 1.08. The number of amides is 1. The van der Waals surface area contributed by atoms with Gasteiger partial charge in [0.1, 0.15) is 5.82 Å². The first-order valence-electron chi connectivity index (χ1n) is 12.7. The predicted molar refractivity (Wildman–Crippen MR) is 136 cm³/mol. The van der Waals surface area contributed by atoms with E-state index in [-0.39, 0.29) is 23.8 Å². The van der Waals surface area contributed by atoms with E-state index in [4.69, 9.17) is 0 Å². The van der Waals surface area contributed by atoms with Crippen LogP contribution in [0, 0.1) is 11.2 Å². The SMILES string of the molecule is O=C(CCc1cccc(F)c1)N1CC[C@@](O)(Cn2cnc(-c3ccccc3)cc2=O)C2(CCCC2)C1. The van der Waals surface area contributed by atoms with Crippen LogP contribution in [0.1, 0.15) is 44.1 Å². The summed E-state index contributed by atoms with van der Waals surface area (Å²) in [5, 5.41) is 12.0. The molecule has 7 heteroatoms. The number of carbonyl (C=O) groups excluding carboxylic acids is 1. The van der Waals surface area contributed by atoms with Gasteiger partial charge in [-0.2, -0.15) is 0 Å². The van der Waals surface area contributed by atoms with Crippen molar-refractivity contribution >= 4 is 5.91 Å². The van der Waals surface area contributed by atoms with Crippen LogP contribution < -0.4 is 5.56 Å². The minimum Gasteiger partial charge on any atom is -0.387 e. The predicted octanol–water partition coefficient (Wildman–Crippen LogP) is 4.21. The first-order chi connectivity index (χ1) is 17.4. The first-order valence-corrected chi connectivity index (χ1v) is 12.7. The maximum atomic E-state index is 13.5. The number of piperidine rings is 1. The Morgan fingerprint density at radius 3 is 2.53 bits per heavy atom. The molecule has 0 radical (unpaired) electrons. The Hall–Kier alpha value is -3.32. The van der Waals surface area contributed by atoms with Crippen LogP contribution in [0.2, 0.25) is 0 Å². The lowest BCUT2D eigenvalue weighted by Gasteiger charge is -2.52. The zero-order chi connectivity index (χ0) is 25.2. The second-order valence-electron chi connectivity index (χ2n) is 10.3. The summed E-state index contributed by atoms with van der Waals surface area (Å²) >= 11 is 0. The highest BCUT2D eigenvalue weighted by atomic mass is 19.1. The topological polar surface area (TPSA) is 75.4 Å². The number of hydrogen-bond donors (Lipinski definition) is 1. The van der Waals surface area contributed by atoms with Gasteiger partial charge in [-0.25, -0.2) is 9.37 Å². The molecule has 3 aromatic rings. The number of hydrogen-bond acceptors (Lipinski definition) is 4. The van der Waals surface area contributed by atoms with E-state index in [9.17, 15) is 19.1 Å². The van der Waals surface area contributed by atoms with Gasteiger partial charge in [0.15, 0.2) is 0 Å². The molecular formula is C29H32FN3O3. The van der Waals surface area contributed by atoms with E-state index in [1.165, 1.54) is 29.1 Å². The van der Waals surface area contributed by atoms with Gasteiger partial charge >= 0.3 is 0 Å². The monoisotopic (exact) mass is 489 g/mol. The third kappa shape index (κ3) is 4.85. The van der Waals surface area contributed by atoms with Crippen LogP contribution in [0.3, 0.4) is 0 Å². The molecule has 1 spiro atoms. The summed E-state index contributed by atoms with van der Waals surface area (Å²) in [5.41, 5.74) is 0.549. The molecule has 1 aromatic heterocycles. The summed E-state index contributed by atoms with van der Waals surface area (Å²) in [7, 11) is 0. The highest BCUT2D eigenvalue weighted by Gasteiger charge is 2.55. The highest BCUT2D eigenvalue weighted by Crippen LogP contribution is 2.51. The number of aliphatic hydroxyl groups is 1. The summed E-state index contributed by atoms with van der Waals surface area (Å²) in [6, 6.07) is 17.4. The van der Waals surface area contributed by atoms with Crippen LogP contribution in [0.5, 0.6) is 0 Å². The second kappa shape index (κ2) is 9.97. The lowest BCUT2D eigenvalue weighted by Crippen LogP contribution is -2.62. The second-order valence-corrected chi connectivity index (χ2v) is 10.3. The fraction of sp³-hybridized carbons (Fsp3) is 0.414. The van der Waals surface area contributed by atoms with Crippen molar-refractivity contribution < 1.29 is 14.3 Å². The number of nitrogens with zero attached hydrogens (tertiary/aromatic N) is 3. The average Bonchev–Trinajstić information content (AvgIpc) is 3.36. The number of aromatic nitrogens is 2. The third-order valence-electron chi connectivity index (χ3n) is 8.09. The lowest BCUT2D eigenvalue weighted by molar-refractivity contribution is -0.160. The van der Waals surface area contributed by atoms with Crippen LogP contribution >= 0.6 is 0 Å². The number of benzene rings is 2. The molecule has 2 heterocycles. The van der Waals surface area contributed by atoms with Crippen LogP contribution in [0.15, 0.2) is 71.8 Å². The maximum absolute atomic E-state index is 13.5. The Morgan fingerprint density at radius 1 is 1.03 bits per heavy atom. The Morgan fingerprint density at radius 2 is 1.81 bits per heavy atom. The zero-order valence-electron chi connectivity index (χ0n) is 20.4. The number of likely N-dealkylation sites (tertiary alicyclic amines) is 1. The number of carbonyl (C=O) groups is 1. The van der Waals surface area contributed by atoms with Gasteiger partial charge in [-0.3, -0.25) is 14.2 Å². The zero-order valence-corrected chi connectivity index (χ0v) is 20.4. The van der Waals surface area contributed by atoms with E-state index in [1.807, 2.05) is 41.3 Å². The van der Waals surface area contributed by atoms with E-state index >= 15 is 0 Å². The molecule has 6 nitrogen and oxygen atoms in total. The summed E-state index contributed by atoms with van der Waals surface area (Å²) in [5.74, 6) is -0.270. The van der Waals surface area contributed by atoms with Gasteiger partial charge in [0.05, 0.1) is 24.2 Å². The van der Waals surface area contributed by atoms with Crippen molar-refractivity contribution in [1.29, 1.82) is 0 Å². The van der Waals surface area contributed by atoms with Gasteiger partial charge < -0.3 is 10.0 Å². The summed E-state index contributed by atoms with van der Waals surface area (Å²) in [4.78, 5) is 32.4.